The van der Waals surface area contributed by atoms with Crippen LogP contribution in [0.2, 0.25) is 0 Å². The summed E-state index contributed by atoms with van der Waals surface area (Å²) < 4.78 is 1.20. The van der Waals surface area contributed by atoms with E-state index in [9.17, 15) is 0 Å². The lowest BCUT2D eigenvalue weighted by Crippen LogP contribution is -2.29. The lowest BCUT2D eigenvalue weighted by molar-refractivity contribution is 0.486. The second-order valence-corrected chi connectivity index (χ2v) is 5.88. The first kappa shape index (κ1) is 16.5. The number of benzene rings is 1. The molecule has 0 saturated heterocycles. The molecule has 0 unspecified atom stereocenters. The first-order valence-corrected chi connectivity index (χ1v) is 8.13. The third kappa shape index (κ3) is 4.81. The van der Waals surface area contributed by atoms with E-state index >= 15 is 0 Å². The fourth-order valence-corrected chi connectivity index (χ4v) is 2.85. The van der Waals surface area contributed by atoms with E-state index in [1.54, 1.807) is 0 Å². The Morgan fingerprint density at radius 3 is 2.37 bits per heavy atom. The summed E-state index contributed by atoms with van der Waals surface area (Å²) in [4.78, 5) is 2.48. The van der Waals surface area contributed by atoms with Crippen molar-refractivity contribution in [2.75, 3.05) is 25.0 Å². The van der Waals surface area contributed by atoms with E-state index in [4.69, 9.17) is 0 Å². The second-order valence-electron chi connectivity index (χ2n) is 5.03. The van der Waals surface area contributed by atoms with Crippen molar-refractivity contribution in [3.63, 3.8) is 0 Å². The predicted molar refractivity (Wildman–Crippen MR) is 88.9 cm³/mol. The molecule has 0 radical (unpaired) electrons. The van der Waals surface area contributed by atoms with Crippen LogP contribution in [0.4, 0.5) is 5.69 Å². The highest BCUT2D eigenvalue weighted by Gasteiger charge is 2.11. The minimum absolute atomic E-state index is 0.788. The Morgan fingerprint density at radius 2 is 1.89 bits per heavy atom. The van der Waals surface area contributed by atoms with Crippen molar-refractivity contribution in [3.8, 4) is 0 Å². The molecule has 108 valence electrons. The summed E-state index contributed by atoms with van der Waals surface area (Å²) in [6.45, 7) is 9.93. The highest BCUT2D eigenvalue weighted by Crippen LogP contribution is 2.25. The fourth-order valence-electron chi connectivity index (χ4n) is 2.34. The normalized spacial score (nSPS) is 11.1. The topological polar surface area (TPSA) is 15.3 Å². The van der Waals surface area contributed by atoms with Crippen LogP contribution in [0.25, 0.3) is 0 Å². The van der Waals surface area contributed by atoms with Gasteiger partial charge in [-0.25, -0.2) is 0 Å². The van der Waals surface area contributed by atoms with Crippen molar-refractivity contribution in [1.82, 2.24) is 5.32 Å². The average Bonchev–Trinajstić information content (AvgIpc) is 2.43. The quantitative estimate of drug-likeness (QED) is 0.760. The van der Waals surface area contributed by atoms with Crippen molar-refractivity contribution < 1.29 is 0 Å². The largest absolute Gasteiger partial charge is 0.372 e. The number of nitrogens with one attached hydrogen (secondary N) is 1. The zero-order valence-electron chi connectivity index (χ0n) is 12.7. The van der Waals surface area contributed by atoms with Gasteiger partial charge in [-0.05, 0) is 37.6 Å². The lowest BCUT2D eigenvalue weighted by atomic mass is 10.0. The standard InChI is InChI=1S/C16H27BrN2/c1-5-13(6-2)12-19(7-3)15-9-8-14(11-18-4)16(17)10-15/h8-10,13,18H,5-7,11-12H2,1-4H3. The van der Waals surface area contributed by atoms with Crippen molar-refractivity contribution in [1.29, 1.82) is 0 Å². The molecule has 19 heavy (non-hydrogen) atoms. The van der Waals surface area contributed by atoms with Crippen LogP contribution < -0.4 is 10.2 Å². The van der Waals surface area contributed by atoms with Gasteiger partial charge in [0.05, 0.1) is 0 Å². The van der Waals surface area contributed by atoms with Gasteiger partial charge >= 0.3 is 0 Å². The molecule has 1 rings (SSSR count). The molecule has 1 N–H and O–H groups in total. The van der Waals surface area contributed by atoms with Gasteiger partial charge in [-0.2, -0.15) is 0 Å². The van der Waals surface area contributed by atoms with E-state index in [2.05, 4.69) is 65.1 Å². The molecular weight excluding hydrogens is 300 g/mol. The van der Waals surface area contributed by atoms with Crippen molar-refractivity contribution in [2.24, 2.45) is 5.92 Å². The van der Waals surface area contributed by atoms with E-state index in [-0.39, 0.29) is 0 Å². The van der Waals surface area contributed by atoms with E-state index in [1.807, 2.05) is 7.05 Å². The van der Waals surface area contributed by atoms with Gasteiger partial charge in [-0.1, -0.05) is 48.7 Å². The SMILES string of the molecule is CCC(CC)CN(CC)c1ccc(CNC)c(Br)c1. The fraction of sp³-hybridized carbons (Fsp3) is 0.625. The van der Waals surface area contributed by atoms with Crippen molar-refractivity contribution >= 4 is 21.6 Å². The van der Waals surface area contributed by atoms with E-state index in [0.29, 0.717) is 0 Å². The summed E-state index contributed by atoms with van der Waals surface area (Å²) in [6.07, 6.45) is 2.51. The van der Waals surface area contributed by atoms with Gasteiger partial charge in [0.2, 0.25) is 0 Å². The van der Waals surface area contributed by atoms with Gasteiger partial charge in [-0.15, -0.1) is 0 Å². The van der Waals surface area contributed by atoms with E-state index in [1.165, 1.54) is 28.6 Å². The Labute approximate surface area is 126 Å². The Kier molecular flexibility index (Phi) is 7.47. The maximum absolute atomic E-state index is 3.68. The van der Waals surface area contributed by atoms with Crippen LogP contribution in [0.3, 0.4) is 0 Å². The number of hydrogen-bond donors (Lipinski definition) is 1. The first-order valence-electron chi connectivity index (χ1n) is 7.34. The van der Waals surface area contributed by atoms with Crippen LogP contribution in [0.5, 0.6) is 0 Å². The lowest BCUT2D eigenvalue weighted by Gasteiger charge is -2.28. The molecule has 0 bridgehead atoms. The van der Waals surface area contributed by atoms with Gasteiger partial charge in [0.25, 0.3) is 0 Å². The van der Waals surface area contributed by atoms with Crippen molar-refractivity contribution in [2.45, 2.75) is 40.2 Å². The number of halogens is 1. The predicted octanol–water partition coefficient (Wildman–Crippen LogP) is 4.43. The first-order chi connectivity index (χ1) is 9.15. The summed E-state index contributed by atoms with van der Waals surface area (Å²) >= 11 is 3.68. The van der Waals surface area contributed by atoms with Crippen LogP contribution in [-0.2, 0) is 6.54 Å². The molecule has 0 heterocycles. The molecule has 0 atom stereocenters. The van der Waals surface area contributed by atoms with Crippen LogP contribution in [0.1, 0.15) is 39.2 Å². The molecule has 0 aliphatic heterocycles. The monoisotopic (exact) mass is 326 g/mol. The van der Waals surface area contributed by atoms with E-state index in [0.717, 1.165) is 25.6 Å². The Balaban J connectivity index is 2.83. The molecule has 3 heteroatoms. The van der Waals surface area contributed by atoms with Gasteiger partial charge in [0, 0.05) is 29.8 Å². The third-order valence-electron chi connectivity index (χ3n) is 3.78. The van der Waals surface area contributed by atoms with Crippen LogP contribution in [0, 0.1) is 5.92 Å². The minimum atomic E-state index is 0.788. The average molecular weight is 327 g/mol. The van der Waals surface area contributed by atoms with Crippen LogP contribution in [-0.4, -0.2) is 20.1 Å². The summed E-state index contributed by atoms with van der Waals surface area (Å²) in [5.74, 6) is 0.788. The summed E-state index contributed by atoms with van der Waals surface area (Å²) in [5, 5.41) is 3.19. The number of anilines is 1. The maximum atomic E-state index is 3.68. The summed E-state index contributed by atoms with van der Waals surface area (Å²) in [6, 6.07) is 6.70. The molecule has 0 saturated carbocycles. The molecular formula is C16H27BrN2. The molecule has 2 nitrogen and oxygen atoms in total. The number of nitrogens with zero attached hydrogens (tertiary/aromatic N) is 1. The van der Waals surface area contributed by atoms with Gasteiger partial charge in [-0.3, -0.25) is 0 Å². The van der Waals surface area contributed by atoms with Gasteiger partial charge < -0.3 is 10.2 Å². The van der Waals surface area contributed by atoms with E-state index < -0.39 is 0 Å². The molecule has 0 aliphatic carbocycles. The van der Waals surface area contributed by atoms with Crippen LogP contribution in [0.15, 0.2) is 22.7 Å². The molecule has 0 aromatic heterocycles. The third-order valence-corrected chi connectivity index (χ3v) is 4.52. The maximum Gasteiger partial charge on any atom is 0.0377 e. The number of hydrogen-bond acceptors (Lipinski definition) is 2. The molecule has 0 aliphatic rings. The second kappa shape index (κ2) is 8.60. The molecule has 0 fully saturated rings. The smallest absolute Gasteiger partial charge is 0.0377 e. The molecule has 1 aromatic carbocycles. The number of rotatable bonds is 8. The summed E-state index contributed by atoms with van der Waals surface area (Å²) in [7, 11) is 1.98. The molecule has 0 amide bonds. The van der Waals surface area contributed by atoms with Gasteiger partial charge in [0.15, 0.2) is 0 Å². The van der Waals surface area contributed by atoms with Crippen LogP contribution >= 0.6 is 15.9 Å². The Morgan fingerprint density at radius 1 is 1.21 bits per heavy atom. The zero-order chi connectivity index (χ0) is 14.3. The Hall–Kier alpha value is -0.540. The zero-order valence-corrected chi connectivity index (χ0v) is 14.3. The molecule has 0 spiro atoms. The van der Waals surface area contributed by atoms with Crippen molar-refractivity contribution in [3.05, 3.63) is 28.2 Å². The molecule has 1 aromatic rings. The Bertz CT molecular complexity index is 375. The minimum Gasteiger partial charge on any atom is -0.372 e. The summed E-state index contributed by atoms with van der Waals surface area (Å²) in [5.41, 5.74) is 2.63. The van der Waals surface area contributed by atoms with Gasteiger partial charge in [0.1, 0.15) is 0 Å². The highest BCUT2D eigenvalue weighted by molar-refractivity contribution is 9.10. The highest BCUT2D eigenvalue weighted by atomic mass is 79.9.